The lowest BCUT2D eigenvalue weighted by molar-refractivity contribution is 0.102. The smallest absolute Gasteiger partial charge is 0.255 e. The molecule has 126 valence electrons. The van der Waals surface area contributed by atoms with Crippen molar-refractivity contribution in [1.82, 2.24) is 4.98 Å². The van der Waals surface area contributed by atoms with Crippen molar-refractivity contribution in [2.24, 2.45) is 0 Å². The van der Waals surface area contributed by atoms with Gasteiger partial charge >= 0.3 is 0 Å². The Morgan fingerprint density at radius 1 is 1.29 bits per heavy atom. The molecule has 0 saturated carbocycles. The Balaban J connectivity index is 1.67. The highest BCUT2D eigenvalue weighted by Crippen LogP contribution is 2.30. The molecule has 0 bridgehead atoms. The van der Waals surface area contributed by atoms with Crippen molar-refractivity contribution in [2.75, 3.05) is 23.8 Å². The first-order chi connectivity index (χ1) is 11.6. The van der Waals surface area contributed by atoms with Gasteiger partial charge in [-0.05, 0) is 37.1 Å². The number of nitrogens with one attached hydrogen (secondary N) is 2. The fraction of sp³-hybridized carbons (Fsp3) is 0.294. The van der Waals surface area contributed by atoms with Gasteiger partial charge in [0.05, 0.1) is 21.8 Å². The molecule has 1 aromatic heterocycles. The average Bonchev–Trinajstić information content (AvgIpc) is 3.10. The number of nitrogens with zero attached hydrogens (tertiary/aromatic N) is 1. The molecule has 1 aromatic carbocycles. The highest BCUT2D eigenvalue weighted by Gasteiger charge is 2.16. The average molecular weight is 366 g/mol. The Kier molecular flexibility index (Phi) is 5.56. The van der Waals surface area contributed by atoms with Crippen LogP contribution in [-0.2, 0) is 4.74 Å². The van der Waals surface area contributed by atoms with Crippen molar-refractivity contribution in [3.05, 3.63) is 52.1 Å². The molecule has 1 aliphatic rings. The Morgan fingerprint density at radius 3 is 2.79 bits per heavy atom. The first kappa shape index (κ1) is 17.0. The highest BCUT2D eigenvalue weighted by molar-refractivity contribution is 6.40. The molecule has 5 nitrogen and oxygen atoms in total. The lowest BCUT2D eigenvalue weighted by atomic mass is 10.2. The normalized spacial score (nSPS) is 16.8. The number of benzene rings is 1. The number of ether oxygens (including phenoxy) is 1. The molecule has 0 aliphatic carbocycles. The minimum absolute atomic E-state index is 0.200. The first-order valence-electron chi connectivity index (χ1n) is 7.70. The number of hydrogen-bond acceptors (Lipinski definition) is 4. The van der Waals surface area contributed by atoms with Gasteiger partial charge in [-0.1, -0.05) is 29.3 Å². The maximum Gasteiger partial charge on any atom is 0.255 e. The van der Waals surface area contributed by atoms with Gasteiger partial charge in [0, 0.05) is 24.9 Å². The quantitative estimate of drug-likeness (QED) is 0.831. The van der Waals surface area contributed by atoms with Crippen LogP contribution in [0.3, 0.4) is 0 Å². The summed E-state index contributed by atoms with van der Waals surface area (Å²) in [6, 6.07) is 8.39. The number of hydrogen-bond donors (Lipinski definition) is 2. The van der Waals surface area contributed by atoms with E-state index in [1.165, 1.54) is 0 Å². The van der Waals surface area contributed by atoms with Crippen molar-refractivity contribution in [2.45, 2.75) is 18.9 Å². The monoisotopic (exact) mass is 365 g/mol. The summed E-state index contributed by atoms with van der Waals surface area (Å²) in [5, 5.41) is 6.72. The molecule has 3 rings (SSSR count). The number of pyridine rings is 1. The highest BCUT2D eigenvalue weighted by atomic mass is 35.5. The molecule has 2 heterocycles. The summed E-state index contributed by atoms with van der Waals surface area (Å²) in [6.45, 7) is 1.48. The summed E-state index contributed by atoms with van der Waals surface area (Å²) in [5.41, 5.74) is 0.868. The summed E-state index contributed by atoms with van der Waals surface area (Å²) in [6.07, 6.45) is 3.91. The van der Waals surface area contributed by atoms with E-state index < -0.39 is 0 Å². The van der Waals surface area contributed by atoms with Gasteiger partial charge in [-0.15, -0.1) is 0 Å². The molecule has 0 spiro atoms. The van der Waals surface area contributed by atoms with E-state index in [0.717, 1.165) is 19.4 Å². The van der Waals surface area contributed by atoms with E-state index in [0.29, 0.717) is 33.7 Å². The summed E-state index contributed by atoms with van der Waals surface area (Å²) in [7, 11) is 0. The Hall–Kier alpha value is -1.82. The zero-order chi connectivity index (χ0) is 16.9. The van der Waals surface area contributed by atoms with Crippen molar-refractivity contribution >= 4 is 40.6 Å². The number of amides is 1. The molecule has 0 radical (unpaired) electrons. The lowest BCUT2D eigenvalue weighted by Crippen LogP contribution is -2.19. The van der Waals surface area contributed by atoms with Gasteiger partial charge in [0.15, 0.2) is 0 Å². The third-order valence-corrected chi connectivity index (χ3v) is 4.39. The van der Waals surface area contributed by atoms with Crippen LogP contribution in [0.1, 0.15) is 23.2 Å². The largest absolute Gasteiger partial charge is 0.376 e. The third kappa shape index (κ3) is 4.17. The van der Waals surface area contributed by atoms with Crippen molar-refractivity contribution in [3.8, 4) is 0 Å². The van der Waals surface area contributed by atoms with E-state index in [1.807, 2.05) is 0 Å². The topological polar surface area (TPSA) is 63.2 Å². The summed E-state index contributed by atoms with van der Waals surface area (Å²) < 4.78 is 5.56. The number of halogens is 2. The molecule has 2 N–H and O–H groups in total. The van der Waals surface area contributed by atoms with Gasteiger partial charge in [-0.3, -0.25) is 4.79 Å². The number of para-hydroxylation sites is 1. The molecule has 2 aromatic rings. The predicted molar refractivity (Wildman–Crippen MR) is 96.1 cm³/mol. The molecule has 1 saturated heterocycles. The maximum atomic E-state index is 12.4. The van der Waals surface area contributed by atoms with Gasteiger partial charge in [0.1, 0.15) is 5.82 Å². The Morgan fingerprint density at radius 2 is 2.08 bits per heavy atom. The fourth-order valence-corrected chi connectivity index (χ4v) is 2.99. The predicted octanol–water partition coefficient (Wildman–Crippen LogP) is 4.23. The zero-order valence-electron chi connectivity index (χ0n) is 12.9. The first-order valence-corrected chi connectivity index (χ1v) is 8.46. The fourth-order valence-electron chi connectivity index (χ4n) is 2.50. The zero-order valence-corrected chi connectivity index (χ0v) is 14.4. The van der Waals surface area contributed by atoms with E-state index in [-0.39, 0.29) is 12.0 Å². The van der Waals surface area contributed by atoms with Gasteiger partial charge in [-0.2, -0.15) is 0 Å². The summed E-state index contributed by atoms with van der Waals surface area (Å²) in [5.74, 6) is 0.330. The molecule has 1 atom stereocenters. The van der Waals surface area contributed by atoms with E-state index in [2.05, 4.69) is 15.6 Å². The van der Waals surface area contributed by atoms with Crippen LogP contribution in [0.25, 0.3) is 0 Å². The van der Waals surface area contributed by atoms with Crippen LogP contribution >= 0.6 is 23.2 Å². The molecular weight excluding hydrogens is 349 g/mol. The molecule has 7 heteroatoms. The van der Waals surface area contributed by atoms with Crippen molar-refractivity contribution in [1.29, 1.82) is 0 Å². The number of rotatable bonds is 5. The molecule has 1 fully saturated rings. The summed E-state index contributed by atoms with van der Waals surface area (Å²) >= 11 is 12.2. The third-order valence-electron chi connectivity index (χ3n) is 3.76. The minimum Gasteiger partial charge on any atom is -0.376 e. The van der Waals surface area contributed by atoms with Gasteiger partial charge in [0.2, 0.25) is 0 Å². The van der Waals surface area contributed by atoms with E-state index >= 15 is 0 Å². The Labute approximate surface area is 150 Å². The number of carbonyl (C=O) groups is 1. The van der Waals surface area contributed by atoms with E-state index in [1.54, 1.807) is 36.5 Å². The van der Waals surface area contributed by atoms with Gasteiger partial charge in [-0.25, -0.2) is 4.98 Å². The molecule has 1 amide bonds. The SMILES string of the molecule is O=C(Nc1c(Cl)cccc1Cl)c1ccnc(NCC2CCCO2)c1. The van der Waals surface area contributed by atoms with Gasteiger partial charge in [0.25, 0.3) is 5.91 Å². The molecule has 1 unspecified atom stereocenters. The minimum atomic E-state index is -0.299. The van der Waals surface area contributed by atoms with Crippen LogP contribution in [0.4, 0.5) is 11.5 Å². The van der Waals surface area contributed by atoms with Crippen molar-refractivity contribution < 1.29 is 9.53 Å². The second-order valence-electron chi connectivity index (χ2n) is 5.50. The van der Waals surface area contributed by atoms with Crippen molar-refractivity contribution in [3.63, 3.8) is 0 Å². The van der Waals surface area contributed by atoms with Crippen LogP contribution in [0, 0.1) is 0 Å². The van der Waals surface area contributed by atoms with Gasteiger partial charge < -0.3 is 15.4 Å². The number of carbonyl (C=O) groups excluding carboxylic acids is 1. The Bertz CT molecular complexity index is 713. The molecule has 24 heavy (non-hydrogen) atoms. The van der Waals surface area contributed by atoms with Crippen LogP contribution in [0.15, 0.2) is 36.5 Å². The van der Waals surface area contributed by atoms with E-state index in [4.69, 9.17) is 27.9 Å². The van der Waals surface area contributed by atoms with Crippen LogP contribution in [-0.4, -0.2) is 30.1 Å². The van der Waals surface area contributed by atoms with Crippen LogP contribution in [0.2, 0.25) is 10.0 Å². The van der Waals surface area contributed by atoms with E-state index in [9.17, 15) is 4.79 Å². The van der Waals surface area contributed by atoms with Crippen LogP contribution in [0.5, 0.6) is 0 Å². The molecule has 1 aliphatic heterocycles. The number of aromatic nitrogens is 1. The second kappa shape index (κ2) is 7.83. The lowest BCUT2D eigenvalue weighted by Gasteiger charge is -2.12. The standard InChI is InChI=1S/C17H17Cl2N3O2/c18-13-4-1-5-14(19)16(13)22-17(23)11-6-7-20-15(9-11)21-10-12-3-2-8-24-12/h1,4-7,9,12H,2-3,8,10H2,(H,20,21)(H,22,23). The number of anilines is 2. The van der Waals surface area contributed by atoms with Crippen LogP contribution < -0.4 is 10.6 Å². The second-order valence-corrected chi connectivity index (χ2v) is 6.31. The molecular formula is C17H17Cl2N3O2. The maximum absolute atomic E-state index is 12.4. The summed E-state index contributed by atoms with van der Waals surface area (Å²) in [4.78, 5) is 16.6.